The summed E-state index contributed by atoms with van der Waals surface area (Å²) in [6.45, 7) is 16.1. The van der Waals surface area contributed by atoms with Gasteiger partial charge in [0.2, 0.25) is 0 Å². The lowest BCUT2D eigenvalue weighted by molar-refractivity contribution is -0.0705. The summed E-state index contributed by atoms with van der Waals surface area (Å²) in [4.78, 5) is 0. The molecule has 0 aromatic heterocycles. The van der Waals surface area contributed by atoms with Crippen molar-refractivity contribution in [3.05, 3.63) is 0 Å². The second kappa shape index (κ2) is 18.5. The number of ether oxygens (including phenoxy) is 5. The van der Waals surface area contributed by atoms with E-state index in [0.717, 1.165) is 0 Å². The van der Waals surface area contributed by atoms with Gasteiger partial charge in [-0.25, -0.2) is 0 Å². The van der Waals surface area contributed by atoms with E-state index in [1.807, 2.05) is 0 Å². The molecular weight excluding hydrogens is 512 g/mol. The maximum absolute atomic E-state index is 9.85. The molecule has 11 nitrogen and oxygen atoms in total. The Hall–Kier alpha value is 0.211. The summed E-state index contributed by atoms with van der Waals surface area (Å²) in [5, 5.41) is 37.3. The van der Waals surface area contributed by atoms with Gasteiger partial charge in [-0.3, -0.25) is 0 Å². The van der Waals surface area contributed by atoms with Crippen LogP contribution in [0.25, 0.3) is 0 Å². The lowest BCUT2D eigenvalue weighted by Gasteiger charge is -2.38. The van der Waals surface area contributed by atoms with Crippen LogP contribution in [0.15, 0.2) is 0 Å². The molecule has 0 spiro atoms. The van der Waals surface area contributed by atoms with Gasteiger partial charge in [-0.15, -0.1) is 0 Å². The lowest BCUT2D eigenvalue weighted by atomic mass is 10.4. The second-order valence-corrected chi connectivity index (χ2v) is 23.2. The third-order valence-electron chi connectivity index (χ3n) is 3.91. The topological polar surface area (TPSA) is 146 Å². The predicted molar refractivity (Wildman–Crippen MR) is 140 cm³/mol. The van der Waals surface area contributed by atoms with Crippen molar-refractivity contribution in [1.29, 1.82) is 0 Å². The Kier molecular flexibility index (Phi) is 18.6. The predicted octanol–water partition coefficient (Wildman–Crippen LogP) is 0.459. The van der Waals surface area contributed by atoms with Gasteiger partial charge in [-0.1, -0.05) is 0 Å². The lowest BCUT2D eigenvalue weighted by Crippen LogP contribution is -2.56. The fourth-order valence-electron chi connectivity index (χ4n) is 3.02. The molecule has 212 valence electrons. The molecule has 0 bridgehead atoms. The first-order valence-electron chi connectivity index (χ1n) is 12.1. The molecule has 0 saturated carbocycles. The van der Waals surface area contributed by atoms with Crippen LogP contribution < -0.4 is 0 Å². The van der Waals surface area contributed by atoms with Crippen LogP contribution in [0.1, 0.15) is 0 Å². The Morgan fingerprint density at radius 3 is 1.31 bits per heavy atom. The van der Waals surface area contributed by atoms with Gasteiger partial charge in [0.15, 0.2) is 16.6 Å². The summed E-state index contributed by atoms with van der Waals surface area (Å²) in [5.41, 5.74) is 0. The molecule has 0 saturated heterocycles. The molecule has 0 aromatic carbocycles. The monoisotopic (exact) mass is 562 g/mol. The highest BCUT2D eigenvalue weighted by Gasteiger charge is 2.40. The van der Waals surface area contributed by atoms with E-state index in [2.05, 4.69) is 45.8 Å². The summed E-state index contributed by atoms with van der Waals surface area (Å²) < 4.78 is 39.7. The largest absolute Gasteiger partial charge is 0.435 e. The summed E-state index contributed by atoms with van der Waals surface area (Å²) in [6, 6.07) is 0. The quantitative estimate of drug-likeness (QED) is 0.102. The molecule has 3 unspecified atom stereocenters. The van der Waals surface area contributed by atoms with Crippen LogP contribution in [0.3, 0.4) is 0 Å². The van der Waals surface area contributed by atoms with Gasteiger partial charge in [0.25, 0.3) is 0 Å². The van der Waals surface area contributed by atoms with E-state index >= 15 is 0 Å². The van der Waals surface area contributed by atoms with Crippen molar-refractivity contribution in [2.24, 2.45) is 0 Å². The summed E-state index contributed by atoms with van der Waals surface area (Å²) >= 11 is 0. The number of aliphatic hydroxyl groups is 4. The molecule has 0 aromatic rings. The normalized spacial score (nSPS) is 15.9. The van der Waals surface area contributed by atoms with E-state index in [4.69, 9.17) is 42.1 Å². The highest BCUT2D eigenvalue weighted by atomic mass is 28.5. The Bertz CT molecular complexity index is 502. The summed E-state index contributed by atoms with van der Waals surface area (Å²) in [7, 11) is -5.90. The van der Waals surface area contributed by atoms with E-state index in [1.54, 1.807) is 0 Å². The van der Waals surface area contributed by atoms with Crippen molar-refractivity contribution in [3.63, 3.8) is 0 Å². The molecule has 4 N–H and O–H groups in total. The van der Waals surface area contributed by atoms with Gasteiger partial charge in [-0.05, 0) is 45.8 Å². The van der Waals surface area contributed by atoms with Gasteiger partial charge < -0.3 is 52.3 Å². The van der Waals surface area contributed by atoms with E-state index in [0.29, 0.717) is 32.7 Å². The minimum atomic E-state index is -2.41. The highest BCUT2D eigenvalue weighted by Crippen LogP contribution is 2.20. The minimum Gasteiger partial charge on any atom is -0.435 e. The number of hydrogen-bond donors (Lipinski definition) is 4. The van der Waals surface area contributed by atoms with E-state index in [-0.39, 0.29) is 33.0 Å². The standard InChI is InChI=1S/C21H50O11Si3/c1-33(2,3)31-35(7,32-34(4,5)6)18-28-11-9-26-8-10-27-14-20(24)15-30-17-21(25)16-29-13-19(23)12-22/h19-25H,8-18H2,1-7H3. The molecular formula is C21H50O11Si3. The molecule has 0 radical (unpaired) electrons. The number of hydrogen-bond acceptors (Lipinski definition) is 11. The van der Waals surface area contributed by atoms with Gasteiger partial charge in [0.1, 0.15) is 18.3 Å². The Morgan fingerprint density at radius 1 is 0.514 bits per heavy atom. The first kappa shape index (κ1) is 35.2. The average Bonchev–Trinajstić information content (AvgIpc) is 2.69. The SMILES string of the molecule is C[Si](C)(C)O[Si](C)(COCCOCCOCC(O)COCC(O)COCC(O)CO)O[Si](C)(C)C. The molecule has 0 aliphatic carbocycles. The number of aliphatic hydroxyl groups excluding tert-OH is 4. The fourth-order valence-corrected chi connectivity index (χ4v) is 14.9. The maximum atomic E-state index is 9.85. The molecule has 3 atom stereocenters. The van der Waals surface area contributed by atoms with E-state index in [9.17, 15) is 10.2 Å². The minimum absolute atomic E-state index is 0.00661. The van der Waals surface area contributed by atoms with Gasteiger partial charge in [-0.2, -0.15) is 0 Å². The zero-order valence-electron chi connectivity index (χ0n) is 22.7. The Morgan fingerprint density at radius 2 is 0.886 bits per heavy atom. The van der Waals surface area contributed by atoms with Crippen LogP contribution >= 0.6 is 0 Å². The third-order valence-corrected chi connectivity index (χ3v) is 13.0. The molecule has 14 heteroatoms. The molecule has 0 amide bonds. The van der Waals surface area contributed by atoms with Gasteiger partial charge in [0.05, 0.1) is 72.3 Å². The first-order chi connectivity index (χ1) is 16.2. The van der Waals surface area contributed by atoms with Crippen molar-refractivity contribution in [3.8, 4) is 0 Å². The zero-order chi connectivity index (χ0) is 27.0. The van der Waals surface area contributed by atoms with Crippen LogP contribution in [0.4, 0.5) is 0 Å². The van der Waals surface area contributed by atoms with Crippen LogP contribution in [-0.4, -0.2) is 136 Å². The molecule has 35 heavy (non-hydrogen) atoms. The zero-order valence-corrected chi connectivity index (χ0v) is 25.7. The van der Waals surface area contributed by atoms with Crippen LogP contribution in [0.5, 0.6) is 0 Å². The van der Waals surface area contributed by atoms with Crippen LogP contribution in [0, 0.1) is 0 Å². The van der Waals surface area contributed by atoms with Gasteiger partial charge >= 0.3 is 8.56 Å². The number of rotatable bonds is 23. The fraction of sp³-hybridized carbons (Fsp3) is 1.00. The van der Waals surface area contributed by atoms with Gasteiger partial charge in [0, 0.05) is 0 Å². The molecule has 0 aliphatic rings. The molecule has 0 aliphatic heterocycles. The first-order valence-corrected chi connectivity index (χ1v) is 21.4. The smallest absolute Gasteiger partial charge is 0.341 e. The third kappa shape index (κ3) is 23.1. The molecule has 0 fully saturated rings. The van der Waals surface area contributed by atoms with Crippen molar-refractivity contribution in [1.82, 2.24) is 0 Å². The summed E-state index contributed by atoms with van der Waals surface area (Å²) in [5.74, 6) is 0. The Balaban J connectivity index is 3.81. The maximum Gasteiger partial charge on any atom is 0.341 e. The summed E-state index contributed by atoms with van der Waals surface area (Å²) in [6.07, 6.45) is -2.23. The van der Waals surface area contributed by atoms with Crippen LogP contribution in [-0.2, 0) is 31.9 Å². The van der Waals surface area contributed by atoms with Crippen molar-refractivity contribution < 1.29 is 52.3 Å². The van der Waals surface area contributed by atoms with E-state index in [1.165, 1.54) is 0 Å². The van der Waals surface area contributed by atoms with E-state index < -0.39 is 50.1 Å². The van der Waals surface area contributed by atoms with Crippen LogP contribution in [0.2, 0.25) is 45.8 Å². The van der Waals surface area contributed by atoms with Crippen molar-refractivity contribution >= 4 is 25.2 Å². The average molecular weight is 563 g/mol. The second-order valence-electron chi connectivity index (χ2n) is 10.5. The van der Waals surface area contributed by atoms with Crippen molar-refractivity contribution in [2.75, 3.05) is 72.3 Å². The molecule has 0 rings (SSSR count). The molecule has 0 heterocycles. The Labute approximate surface area is 214 Å². The van der Waals surface area contributed by atoms with Crippen molar-refractivity contribution in [2.45, 2.75) is 64.1 Å². The highest BCUT2D eigenvalue weighted by molar-refractivity contribution is 6.87.